The van der Waals surface area contributed by atoms with E-state index >= 15 is 0 Å². The number of carbonyl (C=O) groups is 3. The first-order valence-electron chi connectivity index (χ1n) is 7.14. The first-order valence-corrected chi connectivity index (χ1v) is 8.05. The minimum absolute atomic E-state index is 0.117. The second-order valence-corrected chi connectivity index (χ2v) is 5.68. The number of Topliss-reactive ketones (excluding diaryl/α,β-unsaturated/α-hetero) is 1. The van der Waals surface area contributed by atoms with Crippen LogP contribution in [0, 0.1) is 0 Å². The third-order valence-corrected chi connectivity index (χ3v) is 3.64. The summed E-state index contributed by atoms with van der Waals surface area (Å²) >= 11 is 3.28. The van der Waals surface area contributed by atoms with E-state index in [1.807, 2.05) is 0 Å². The lowest BCUT2D eigenvalue weighted by Crippen LogP contribution is -2.17. The van der Waals surface area contributed by atoms with Gasteiger partial charge in [0.1, 0.15) is 5.75 Å². The van der Waals surface area contributed by atoms with Gasteiger partial charge in [0.15, 0.2) is 12.4 Å². The summed E-state index contributed by atoms with van der Waals surface area (Å²) in [5.41, 5.74) is 0.498. The summed E-state index contributed by atoms with van der Waals surface area (Å²) in [6.45, 7) is 3.34. The molecule has 0 saturated heterocycles. The van der Waals surface area contributed by atoms with Crippen LogP contribution in [0.1, 0.15) is 30.6 Å². The molecule has 0 saturated carbocycles. The maximum absolute atomic E-state index is 12.2. The van der Waals surface area contributed by atoms with E-state index in [1.165, 1.54) is 6.92 Å². The fraction of sp³-hybridized carbons (Fsp3) is 0.438. The highest BCUT2D eigenvalue weighted by Gasteiger charge is 2.17. The van der Waals surface area contributed by atoms with Gasteiger partial charge in [0.2, 0.25) is 0 Å². The molecule has 1 aromatic carbocycles. The Kier molecular flexibility index (Phi) is 8.32. The fourth-order valence-corrected chi connectivity index (χ4v) is 2.13. The van der Waals surface area contributed by atoms with Crippen molar-refractivity contribution in [3.05, 3.63) is 29.8 Å². The van der Waals surface area contributed by atoms with E-state index in [1.54, 1.807) is 31.2 Å². The van der Waals surface area contributed by atoms with Gasteiger partial charge >= 0.3 is 11.9 Å². The average molecular weight is 387 g/mol. The van der Waals surface area contributed by atoms with Gasteiger partial charge in [-0.05, 0) is 31.2 Å². The van der Waals surface area contributed by atoms with Crippen LogP contribution in [0.25, 0.3) is 0 Å². The van der Waals surface area contributed by atoms with Crippen LogP contribution in [-0.2, 0) is 19.1 Å². The third kappa shape index (κ3) is 7.27. The summed E-state index contributed by atoms with van der Waals surface area (Å²) in [5, 5.41) is 0. The Morgan fingerprint density at radius 1 is 1.13 bits per heavy atom. The van der Waals surface area contributed by atoms with E-state index < -0.39 is 10.8 Å². The van der Waals surface area contributed by atoms with Gasteiger partial charge in [-0.25, -0.2) is 4.79 Å². The molecule has 23 heavy (non-hydrogen) atoms. The summed E-state index contributed by atoms with van der Waals surface area (Å²) < 4.78 is 14.8. The first-order chi connectivity index (χ1) is 10.9. The molecule has 0 aliphatic carbocycles. The molecule has 6 nitrogen and oxygen atoms in total. The zero-order chi connectivity index (χ0) is 17.2. The molecule has 0 aliphatic heterocycles. The molecule has 0 aliphatic rings. The minimum Gasteiger partial charge on any atom is -0.482 e. The topological polar surface area (TPSA) is 78.9 Å². The maximum Gasteiger partial charge on any atom is 0.344 e. The standard InChI is InChI=1S/C16H19BrO6/c1-3-21-15(19)10-23-13-6-4-12(5-7-13)16(20)14(17)8-9-22-11(2)18/h4-7,14H,3,8-10H2,1-2H3. The number of hydrogen-bond donors (Lipinski definition) is 0. The van der Waals surface area contributed by atoms with Gasteiger partial charge in [-0.1, -0.05) is 15.9 Å². The largest absolute Gasteiger partial charge is 0.482 e. The number of hydrogen-bond acceptors (Lipinski definition) is 6. The number of benzene rings is 1. The van der Waals surface area contributed by atoms with Crippen molar-refractivity contribution < 1.29 is 28.6 Å². The number of halogens is 1. The highest BCUT2D eigenvalue weighted by molar-refractivity contribution is 9.10. The lowest BCUT2D eigenvalue weighted by atomic mass is 10.1. The second kappa shape index (κ2) is 9.99. The first kappa shape index (κ1) is 19.2. The van der Waals surface area contributed by atoms with E-state index in [0.717, 1.165) is 0 Å². The van der Waals surface area contributed by atoms with Crippen molar-refractivity contribution >= 4 is 33.7 Å². The lowest BCUT2D eigenvalue weighted by Gasteiger charge is -2.10. The normalized spacial score (nSPS) is 11.4. The van der Waals surface area contributed by atoms with Gasteiger partial charge in [-0.2, -0.15) is 0 Å². The number of esters is 2. The Hall–Kier alpha value is -1.89. The molecule has 1 rings (SSSR count). The Morgan fingerprint density at radius 3 is 2.35 bits per heavy atom. The Bertz CT molecular complexity index is 540. The van der Waals surface area contributed by atoms with Gasteiger partial charge < -0.3 is 14.2 Å². The number of alkyl halides is 1. The second-order valence-electron chi connectivity index (χ2n) is 4.58. The number of carbonyl (C=O) groups excluding carboxylic acids is 3. The zero-order valence-corrected chi connectivity index (χ0v) is 14.6. The van der Waals surface area contributed by atoms with Crippen LogP contribution in [0.2, 0.25) is 0 Å². The van der Waals surface area contributed by atoms with Crippen molar-refractivity contribution in [2.75, 3.05) is 19.8 Å². The highest BCUT2D eigenvalue weighted by Crippen LogP contribution is 2.17. The van der Waals surface area contributed by atoms with Gasteiger partial charge in [0, 0.05) is 18.9 Å². The van der Waals surface area contributed by atoms with E-state index in [2.05, 4.69) is 15.9 Å². The molecule has 1 atom stereocenters. The molecular formula is C16H19BrO6. The molecule has 0 bridgehead atoms. The molecule has 1 aromatic rings. The molecule has 1 unspecified atom stereocenters. The Morgan fingerprint density at radius 2 is 1.78 bits per heavy atom. The zero-order valence-electron chi connectivity index (χ0n) is 13.0. The van der Waals surface area contributed by atoms with Gasteiger partial charge in [0.05, 0.1) is 18.0 Å². The van der Waals surface area contributed by atoms with Crippen LogP contribution in [0.5, 0.6) is 5.75 Å². The molecule has 0 spiro atoms. The molecule has 126 valence electrons. The van der Waals surface area contributed by atoms with Crippen molar-refractivity contribution in [3.8, 4) is 5.75 Å². The van der Waals surface area contributed by atoms with Crippen LogP contribution in [-0.4, -0.2) is 42.4 Å². The molecular weight excluding hydrogens is 368 g/mol. The molecule has 0 radical (unpaired) electrons. The lowest BCUT2D eigenvalue weighted by molar-refractivity contribution is -0.145. The molecule has 7 heteroatoms. The van der Waals surface area contributed by atoms with Crippen molar-refractivity contribution in [3.63, 3.8) is 0 Å². The summed E-state index contributed by atoms with van der Waals surface area (Å²) in [6.07, 6.45) is 0.388. The van der Waals surface area contributed by atoms with E-state index in [9.17, 15) is 14.4 Å². The maximum atomic E-state index is 12.2. The van der Waals surface area contributed by atoms with Crippen molar-refractivity contribution in [2.45, 2.75) is 25.1 Å². The van der Waals surface area contributed by atoms with Crippen LogP contribution in [0.3, 0.4) is 0 Å². The quantitative estimate of drug-likeness (QED) is 0.368. The number of ketones is 1. The van der Waals surface area contributed by atoms with Gasteiger partial charge in [-0.3, -0.25) is 9.59 Å². The van der Waals surface area contributed by atoms with Crippen molar-refractivity contribution in [2.24, 2.45) is 0 Å². The summed E-state index contributed by atoms with van der Waals surface area (Å²) in [5.74, 6) is -0.464. The molecule has 0 aromatic heterocycles. The minimum atomic E-state index is -0.446. The smallest absolute Gasteiger partial charge is 0.344 e. The van der Waals surface area contributed by atoms with Crippen molar-refractivity contribution in [1.29, 1.82) is 0 Å². The fourth-order valence-electron chi connectivity index (χ4n) is 1.68. The Balaban J connectivity index is 2.49. The molecule has 0 amide bonds. The molecule has 0 heterocycles. The predicted molar refractivity (Wildman–Crippen MR) is 86.9 cm³/mol. The molecule has 0 N–H and O–H groups in total. The van der Waals surface area contributed by atoms with Crippen LogP contribution >= 0.6 is 15.9 Å². The van der Waals surface area contributed by atoms with Gasteiger partial charge in [0.25, 0.3) is 0 Å². The van der Waals surface area contributed by atoms with E-state index in [4.69, 9.17) is 14.2 Å². The van der Waals surface area contributed by atoms with Crippen LogP contribution in [0.4, 0.5) is 0 Å². The SMILES string of the molecule is CCOC(=O)COc1ccc(C(=O)C(Br)CCOC(C)=O)cc1. The predicted octanol–water partition coefficient (Wildman–Crippen LogP) is 2.53. The Labute approximate surface area is 143 Å². The van der Waals surface area contributed by atoms with Crippen LogP contribution in [0.15, 0.2) is 24.3 Å². The highest BCUT2D eigenvalue weighted by atomic mass is 79.9. The van der Waals surface area contributed by atoms with Gasteiger partial charge in [-0.15, -0.1) is 0 Å². The van der Waals surface area contributed by atoms with Crippen molar-refractivity contribution in [1.82, 2.24) is 0 Å². The average Bonchev–Trinajstić information content (AvgIpc) is 2.52. The van der Waals surface area contributed by atoms with E-state index in [0.29, 0.717) is 24.3 Å². The monoisotopic (exact) mass is 386 g/mol. The number of rotatable bonds is 9. The summed E-state index contributed by atoms with van der Waals surface area (Å²) in [4.78, 5) is 33.6. The van der Waals surface area contributed by atoms with E-state index in [-0.39, 0.29) is 25.0 Å². The third-order valence-electron chi connectivity index (χ3n) is 2.76. The molecule has 0 fully saturated rings. The van der Waals surface area contributed by atoms with Crippen LogP contribution < -0.4 is 4.74 Å². The summed E-state index contributed by atoms with van der Waals surface area (Å²) in [6, 6.07) is 6.45. The number of ether oxygens (including phenoxy) is 3. The summed E-state index contributed by atoms with van der Waals surface area (Å²) in [7, 11) is 0.